The van der Waals surface area contributed by atoms with Crippen molar-refractivity contribution < 1.29 is 19.7 Å². The summed E-state index contributed by atoms with van der Waals surface area (Å²) in [6.45, 7) is 1.80. The number of aryl methyl sites for hydroxylation is 1. The molecule has 5 nitrogen and oxygen atoms in total. The summed E-state index contributed by atoms with van der Waals surface area (Å²) >= 11 is 0. The van der Waals surface area contributed by atoms with Crippen LogP contribution in [0.2, 0.25) is 0 Å². The number of aromatic hydroxyl groups is 1. The van der Waals surface area contributed by atoms with E-state index < -0.39 is 12.0 Å². The third kappa shape index (κ3) is 3.35. The molecule has 5 heteroatoms. The molecule has 1 rings (SSSR count). The minimum absolute atomic E-state index is 0.00695. The van der Waals surface area contributed by atoms with E-state index in [0.717, 1.165) is 5.56 Å². The minimum Gasteiger partial charge on any atom is -0.504 e. The fourth-order valence-electron chi connectivity index (χ4n) is 1.71. The van der Waals surface area contributed by atoms with Crippen LogP contribution in [0.4, 0.5) is 0 Å². The van der Waals surface area contributed by atoms with Gasteiger partial charge in [-0.05, 0) is 30.5 Å². The van der Waals surface area contributed by atoms with Gasteiger partial charge in [-0.3, -0.25) is 4.79 Å². The molecule has 0 saturated carbocycles. The number of rotatable bonds is 5. The molecule has 0 heterocycles. The number of aliphatic carboxylic acids is 1. The summed E-state index contributed by atoms with van der Waals surface area (Å²) in [4.78, 5) is 10.4. The lowest BCUT2D eigenvalue weighted by Crippen LogP contribution is -2.12. The van der Waals surface area contributed by atoms with E-state index in [1.54, 1.807) is 13.0 Å². The first-order chi connectivity index (χ1) is 7.95. The van der Waals surface area contributed by atoms with Crippen molar-refractivity contribution in [3.63, 3.8) is 0 Å². The van der Waals surface area contributed by atoms with E-state index in [0.29, 0.717) is 17.7 Å². The molecule has 0 aliphatic rings. The van der Waals surface area contributed by atoms with Crippen molar-refractivity contribution in [2.75, 3.05) is 7.11 Å². The number of carboxylic acids is 1. The van der Waals surface area contributed by atoms with E-state index in [9.17, 15) is 9.90 Å². The molecule has 0 saturated heterocycles. The molecule has 0 spiro atoms. The van der Waals surface area contributed by atoms with Gasteiger partial charge in [0, 0.05) is 12.5 Å². The largest absolute Gasteiger partial charge is 0.504 e. The number of carboxylic acid groups (broad SMARTS) is 1. The van der Waals surface area contributed by atoms with Crippen LogP contribution in [-0.2, 0) is 4.79 Å². The number of hydrogen-bond acceptors (Lipinski definition) is 4. The van der Waals surface area contributed by atoms with Gasteiger partial charge in [0.2, 0.25) is 0 Å². The van der Waals surface area contributed by atoms with Crippen molar-refractivity contribution >= 4 is 5.97 Å². The Morgan fingerprint density at radius 2 is 2.18 bits per heavy atom. The quantitative estimate of drug-likeness (QED) is 0.725. The lowest BCUT2D eigenvalue weighted by atomic mass is 10.00. The zero-order chi connectivity index (χ0) is 13.0. The zero-order valence-electron chi connectivity index (χ0n) is 9.93. The lowest BCUT2D eigenvalue weighted by molar-refractivity contribution is -0.137. The van der Waals surface area contributed by atoms with Crippen LogP contribution in [0.3, 0.4) is 0 Å². The van der Waals surface area contributed by atoms with Gasteiger partial charge < -0.3 is 20.7 Å². The molecule has 1 atom stereocenters. The van der Waals surface area contributed by atoms with Crippen molar-refractivity contribution in [2.45, 2.75) is 25.8 Å². The third-order valence-corrected chi connectivity index (χ3v) is 2.58. The number of methoxy groups -OCH3 is 1. The van der Waals surface area contributed by atoms with Gasteiger partial charge in [0.1, 0.15) is 0 Å². The molecule has 0 aliphatic heterocycles. The molecule has 17 heavy (non-hydrogen) atoms. The van der Waals surface area contributed by atoms with Gasteiger partial charge in [-0.25, -0.2) is 0 Å². The third-order valence-electron chi connectivity index (χ3n) is 2.58. The average molecular weight is 239 g/mol. The minimum atomic E-state index is -0.880. The highest BCUT2D eigenvalue weighted by Gasteiger charge is 2.13. The van der Waals surface area contributed by atoms with Crippen molar-refractivity contribution in [2.24, 2.45) is 5.73 Å². The maximum absolute atomic E-state index is 10.4. The highest BCUT2D eigenvalue weighted by atomic mass is 16.5. The van der Waals surface area contributed by atoms with E-state index >= 15 is 0 Å². The van der Waals surface area contributed by atoms with Gasteiger partial charge in [-0.2, -0.15) is 0 Å². The fraction of sp³-hybridized carbons (Fsp3) is 0.417. The molecule has 4 N–H and O–H groups in total. The summed E-state index contributed by atoms with van der Waals surface area (Å²) in [6.07, 6.45) is 0.341. The van der Waals surface area contributed by atoms with Crippen molar-refractivity contribution in [3.05, 3.63) is 23.3 Å². The molecule has 0 radical (unpaired) electrons. The number of benzene rings is 1. The molecule has 94 valence electrons. The van der Waals surface area contributed by atoms with Gasteiger partial charge in [-0.1, -0.05) is 6.07 Å². The summed E-state index contributed by atoms with van der Waals surface area (Å²) < 4.78 is 5.02. The Labute approximate surface area is 99.8 Å². The van der Waals surface area contributed by atoms with Crippen molar-refractivity contribution in [1.29, 1.82) is 0 Å². The van der Waals surface area contributed by atoms with Crippen molar-refractivity contribution in [3.8, 4) is 11.5 Å². The Kier molecular flexibility index (Phi) is 4.34. The number of ether oxygens (including phenoxy) is 1. The van der Waals surface area contributed by atoms with Crippen LogP contribution in [0.5, 0.6) is 11.5 Å². The van der Waals surface area contributed by atoms with E-state index in [-0.39, 0.29) is 12.2 Å². The van der Waals surface area contributed by atoms with E-state index in [1.807, 2.05) is 0 Å². The molecule has 0 fully saturated rings. The molecular weight excluding hydrogens is 222 g/mol. The second kappa shape index (κ2) is 5.54. The summed E-state index contributed by atoms with van der Waals surface area (Å²) in [6, 6.07) is 2.91. The Morgan fingerprint density at radius 1 is 1.53 bits per heavy atom. The number of carbonyl (C=O) groups is 1. The molecule has 1 aromatic rings. The molecular formula is C12H17NO4. The monoisotopic (exact) mass is 239 g/mol. The van der Waals surface area contributed by atoms with Crippen LogP contribution in [0.15, 0.2) is 12.1 Å². The van der Waals surface area contributed by atoms with Gasteiger partial charge in [-0.15, -0.1) is 0 Å². The number of nitrogens with two attached hydrogens (primary N) is 1. The van der Waals surface area contributed by atoms with Gasteiger partial charge in [0.05, 0.1) is 7.11 Å². The van der Waals surface area contributed by atoms with Crippen LogP contribution >= 0.6 is 0 Å². The summed E-state index contributed by atoms with van der Waals surface area (Å²) in [5, 5.41) is 18.3. The highest BCUT2D eigenvalue weighted by Crippen LogP contribution is 2.33. The van der Waals surface area contributed by atoms with E-state index in [2.05, 4.69) is 0 Å². The number of phenolic OH excluding ortho intramolecular Hbond substituents is 1. The predicted octanol–water partition coefficient (Wildman–Crippen LogP) is 1.57. The first-order valence-corrected chi connectivity index (χ1v) is 5.30. The summed E-state index contributed by atoms with van der Waals surface area (Å²) in [7, 11) is 1.48. The Bertz CT molecular complexity index is 394. The Hall–Kier alpha value is -1.75. The second-order valence-electron chi connectivity index (χ2n) is 3.93. The Morgan fingerprint density at radius 3 is 2.65 bits per heavy atom. The normalized spacial score (nSPS) is 12.2. The maximum Gasteiger partial charge on any atom is 0.303 e. The smallest absolute Gasteiger partial charge is 0.303 e. The van der Waals surface area contributed by atoms with Crippen LogP contribution in [0, 0.1) is 6.92 Å². The molecule has 0 bridgehead atoms. The van der Waals surface area contributed by atoms with Crippen LogP contribution in [0.1, 0.15) is 30.0 Å². The maximum atomic E-state index is 10.4. The second-order valence-corrected chi connectivity index (χ2v) is 3.93. The molecule has 0 aromatic heterocycles. The summed E-state index contributed by atoms with van der Waals surface area (Å²) in [5.41, 5.74) is 7.34. The van der Waals surface area contributed by atoms with Crippen LogP contribution in [-0.4, -0.2) is 23.3 Å². The average Bonchev–Trinajstić information content (AvgIpc) is 2.25. The fourth-order valence-corrected chi connectivity index (χ4v) is 1.71. The highest BCUT2D eigenvalue weighted by molar-refractivity contribution is 5.66. The predicted molar refractivity (Wildman–Crippen MR) is 63.2 cm³/mol. The Balaban J connectivity index is 2.88. The van der Waals surface area contributed by atoms with Crippen LogP contribution in [0.25, 0.3) is 0 Å². The molecule has 1 unspecified atom stereocenters. The molecule has 1 aromatic carbocycles. The first kappa shape index (κ1) is 13.3. The molecule has 0 aliphatic carbocycles. The van der Waals surface area contributed by atoms with E-state index in [4.69, 9.17) is 15.6 Å². The lowest BCUT2D eigenvalue weighted by Gasteiger charge is -2.14. The zero-order valence-corrected chi connectivity index (χ0v) is 9.93. The molecule has 0 amide bonds. The van der Waals surface area contributed by atoms with Crippen molar-refractivity contribution in [1.82, 2.24) is 0 Å². The standard InChI is InChI=1S/C12H17NO4/c1-7-5-8(6-10(14)12(7)17-2)9(13)3-4-11(15)16/h5-6,9,14H,3-4,13H2,1-2H3,(H,15,16). The summed E-state index contributed by atoms with van der Waals surface area (Å²) in [5.74, 6) is -0.442. The topological polar surface area (TPSA) is 92.8 Å². The van der Waals surface area contributed by atoms with E-state index in [1.165, 1.54) is 13.2 Å². The van der Waals surface area contributed by atoms with Gasteiger partial charge in [0.25, 0.3) is 0 Å². The van der Waals surface area contributed by atoms with Gasteiger partial charge in [0.15, 0.2) is 11.5 Å². The number of hydrogen-bond donors (Lipinski definition) is 3. The SMILES string of the molecule is COc1c(C)cc(C(N)CCC(=O)O)cc1O. The van der Waals surface area contributed by atoms with Gasteiger partial charge >= 0.3 is 5.97 Å². The first-order valence-electron chi connectivity index (χ1n) is 5.30. The van der Waals surface area contributed by atoms with Crippen LogP contribution < -0.4 is 10.5 Å². The number of phenols is 1.